The zero-order chi connectivity index (χ0) is 10.6. The number of carboxylic acid groups (broad SMARTS) is 1. The second-order valence-electron chi connectivity index (χ2n) is 3.56. The molecule has 1 fully saturated rings. The molecule has 80 valence electrons. The molecule has 0 aliphatic heterocycles. The molecule has 1 aliphatic carbocycles. The minimum absolute atomic E-state index is 0.0196. The summed E-state index contributed by atoms with van der Waals surface area (Å²) in [5, 5.41) is 19.9. The highest BCUT2D eigenvalue weighted by Gasteiger charge is 2.25. The second kappa shape index (κ2) is 4.95. The lowest BCUT2D eigenvalue weighted by molar-refractivity contribution is -0.147. The molecule has 1 aliphatic rings. The molecule has 0 aromatic heterocycles. The maximum atomic E-state index is 11.2. The van der Waals surface area contributed by atoms with Crippen molar-refractivity contribution in [3.8, 4) is 0 Å². The van der Waals surface area contributed by atoms with Crippen LogP contribution in [0.5, 0.6) is 0 Å². The predicted octanol–water partition coefficient (Wildman–Crippen LogP) is -0.262. The average molecular weight is 201 g/mol. The lowest BCUT2D eigenvalue weighted by Crippen LogP contribution is -2.36. The molecule has 0 spiro atoms. The zero-order valence-corrected chi connectivity index (χ0v) is 7.90. The van der Waals surface area contributed by atoms with Crippen molar-refractivity contribution in [2.24, 2.45) is 5.92 Å². The van der Waals surface area contributed by atoms with E-state index in [0.717, 1.165) is 19.3 Å². The molecule has 0 bridgehead atoms. The first-order valence-electron chi connectivity index (χ1n) is 4.80. The number of aliphatic carboxylic acids is 1. The molecule has 1 atom stereocenters. The van der Waals surface area contributed by atoms with Gasteiger partial charge in [-0.3, -0.25) is 4.79 Å². The molecule has 5 heteroatoms. The highest BCUT2D eigenvalue weighted by Crippen LogP contribution is 2.25. The van der Waals surface area contributed by atoms with Gasteiger partial charge in [-0.15, -0.1) is 0 Å². The number of amides is 1. The molecular weight excluding hydrogens is 186 g/mol. The Labute approximate surface area is 82.1 Å². The van der Waals surface area contributed by atoms with Crippen molar-refractivity contribution < 1.29 is 19.8 Å². The Kier molecular flexibility index (Phi) is 3.88. The van der Waals surface area contributed by atoms with Crippen molar-refractivity contribution >= 4 is 11.9 Å². The quantitative estimate of drug-likeness (QED) is 0.572. The SMILES string of the molecule is O=C(O)C(O)CCNC(=O)C1CCC1. The third-order valence-corrected chi connectivity index (χ3v) is 2.48. The molecule has 0 radical (unpaired) electrons. The summed E-state index contributed by atoms with van der Waals surface area (Å²) in [6, 6.07) is 0. The number of carbonyl (C=O) groups excluding carboxylic acids is 1. The summed E-state index contributed by atoms with van der Waals surface area (Å²) in [6.07, 6.45) is 1.63. The lowest BCUT2D eigenvalue weighted by Gasteiger charge is -2.24. The number of aliphatic hydroxyl groups is 1. The first-order chi connectivity index (χ1) is 6.61. The van der Waals surface area contributed by atoms with Crippen molar-refractivity contribution in [2.45, 2.75) is 31.8 Å². The average Bonchev–Trinajstić information content (AvgIpc) is 2.00. The van der Waals surface area contributed by atoms with Gasteiger partial charge in [0.1, 0.15) is 0 Å². The van der Waals surface area contributed by atoms with Gasteiger partial charge in [0.2, 0.25) is 5.91 Å². The predicted molar refractivity (Wildman–Crippen MR) is 48.6 cm³/mol. The van der Waals surface area contributed by atoms with Crippen LogP contribution in [-0.2, 0) is 9.59 Å². The molecule has 1 rings (SSSR count). The van der Waals surface area contributed by atoms with Crippen LogP contribution in [0, 0.1) is 5.92 Å². The third-order valence-electron chi connectivity index (χ3n) is 2.48. The molecule has 5 nitrogen and oxygen atoms in total. The van der Waals surface area contributed by atoms with Gasteiger partial charge in [-0.2, -0.15) is 0 Å². The number of hydrogen-bond donors (Lipinski definition) is 3. The van der Waals surface area contributed by atoms with Crippen molar-refractivity contribution in [1.82, 2.24) is 5.32 Å². The highest BCUT2D eigenvalue weighted by atomic mass is 16.4. The maximum absolute atomic E-state index is 11.2. The van der Waals surface area contributed by atoms with Gasteiger partial charge in [-0.05, 0) is 12.8 Å². The van der Waals surface area contributed by atoms with Crippen LogP contribution >= 0.6 is 0 Å². The number of hydrogen-bond acceptors (Lipinski definition) is 3. The number of carboxylic acids is 1. The molecule has 1 amide bonds. The Morgan fingerprint density at radius 1 is 1.43 bits per heavy atom. The minimum atomic E-state index is -1.38. The van der Waals surface area contributed by atoms with Crippen LogP contribution < -0.4 is 5.32 Å². The number of aliphatic hydroxyl groups excluding tert-OH is 1. The molecular formula is C9H15NO4. The fraction of sp³-hybridized carbons (Fsp3) is 0.778. The first-order valence-corrected chi connectivity index (χ1v) is 4.80. The van der Waals surface area contributed by atoms with Gasteiger partial charge in [0.25, 0.3) is 0 Å². The monoisotopic (exact) mass is 201 g/mol. The van der Waals surface area contributed by atoms with Gasteiger partial charge in [0.15, 0.2) is 6.10 Å². The molecule has 3 N–H and O–H groups in total. The summed E-state index contributed by atoms with van der Waals surface area (Å²) in [5.41, 5.74) is 0. The summed E-state index contributed by atoms with van der Waals surface area (Å²) in [6.45, 7) is 0.225. The Hall–Kier alpha value is -1.10. The smallest absolute Gasteiger partial charge is 0.332 e. The molecule has 0 saturated heterocycles. The van der Waals surface area contributed by atoms with Crippen molar-refractivity contribution in [2.75, 3.05) is 6.54 Å². The van der Waals surface area contributed by atoms with E-state index < -0.39 is 12.1 Å². The lowest BCUT2D eigenvalue weighted by atomic mass is 9.85. The summed E-state index contributed by atoms with van der Waals surface area (Å²) >= 11 is 0. The van der Waals surface area contributed by atoms with Crippen molar-refractivity contribution in [3.63, 3.8) is 0 Å². The number of carbonyl (C=O) groups is 2. The van der Waals surface area contributed by atoms with E-state index in [0.29, 0.717) is 0 Å². The fourth-order valence-corrected chi connectivity index (χ4v) is 1.27. The van der Waals surface area contributed by atoms with Gasteiger partial charge < -0.3 is 15.5 Å². The maximum Gasteiger partial charge on any atom is 0.332 e. The zero-order valence-electron chi connectivity index (χ0n) is 7.90. The van der Waals surface area contributed by atoms with E-state index in [9.17, 15) is 9.59 Å². The summed E-state index contributed by atoms with van der Waals surface area (Å²) in [5.74, 6) is -1.16. The molecule has 1 unspecified atom stereocenters. The number of nitrogens with one attached hydrogen (secondary N) is 1. The molecule has 0 aromatic rings. The summed E-state index contributed by atoms with van der Waals surface area (Å²) < 4.78 is 0. The van der Waals surface area contributed by atoms with Crippen LogP contribution in [0.4, 0.5) is 0 Å². The first kappa shape index (κ1) is 11.0. The van der Waals surface area contributed by atoms with E-state index in [1.165, 1.54) is 0 Å². The van der Waals surface area contributed by atoms with Gasteiger partial charge in [0.05, 0.1) is 0 Å². The van der Waals surface area contributed by atoms with Gasteiger partial charge >= 0.3 is 5.97 Å². The largest absolute Gasteiger partial charge is 0.479 e. The third kappa shape index (κ3) is 2.99. The minimum Gasteiger partial charge on any atom is -0.479 e. The Morgan fingerprint density at radius 3 is 2.50 bits per heavy atom. The van der Waals surface area contributed by atoms with E-state index in [1.54, 1.807) is 0 Å². The van der Waals surface area contributed by atoms with E-state index in [4.69, 9.17) is 10.2 Å². The molecule has 0 heterocycles. The van der Waals surface area contributed by atoms with E-state index in [1.807, 2.05) is 0 Å². The molecule has 1 saturated carbocycles. The summed E-state index contributed by atoms with van der Waals surface area (Å²) in [4.78, 5) is 21.5. The van der Waals surface area contributed by atoms with Crippen molar-refractivity contribution in [3.05, 3.63) is 0 Å². The van der Waals surface area contributed by atoms with Crippen LogP contribution in [-0.4, -0.2) is 34.7 Å². The second-order valence-corrected chi connectivity index (χ2v) is 3.56. The normalized spacial score (nSPS) is 18.4. The van der Waals surface area contributed by atoms with Gasteiger partial charge in [-0.25, -0.2) is 4.79 Å². The Bertz CT molecular complexity index is 225. The van der Waals surface area contributed by atoms with Gasteiger partial charge in [0, 0.05) is 18.9 Å². The van der Waals surface area contributed by atoms with Crippen LogP contribution in [0.1, 0.15) is 25.7 Å². The van der Waals surface area contributed by atoms with E-state index in [2.05, 4.69) is 5.32 Å². The van der Waals surface area contributed by atoms with Crippen LogP contribution in [0.3, 0.4) is 0 Å². The Morgan fingerprint density at radius 2 is 2.07 bits per heavy atom. The van der Waals surface area contributed by atoms with E-state index >= 15 is 0 Å². The molecule has 0 aromatic carbocycles. The fourth-order valence-electron chi connectivity index (χ4n) is 1.27. The highest BCUT2D eigenvalue weighted by molar-refractivity contribution is 5.79. The van der Waals surface area contributed by atoms with Crippen LogP contribution in [0.2, 0.25) is 0 Å². The van der Waals surface area contributed by atoms with E-state index in [-0.39, 0.29) is 24.8 Å². The Balaban J connectivity index is 2.08. The van der Waals surface area contributed by atoms with Gasteiger partial charge in [-0.1, -0.05) is 6.42 Å². The topological polar surface area (TPSA) is 86.6 Å². The molecule has 14 heavy (non-hydrogen) atoms. The number of rotatable bonds is 5. The summed E-state index contributed by atoms with van der Waals surface area (Å²) in [7, 11) is 0. The standard InChI is InChI=1S/C9H15NO4/c11-7(9(13)14)4-5-10-8(12)6-2-1-3-6/h6-7,11H,1-5H2,(H,10,12)(H,13,14). The van der Waals surface area contributed by atoms with Crippen LogP contribution in [0.25, 0.3) is 0 Å². The van der Waals surface area contributed by atoms with Crippen LogP contribution in [0.15, 0.2) is 0 Å². The van der Waals surface area contributed by atoms with Crippen molar-refractivity contribution in [1.29, 1.82) is 0 Å².